The van der Waals surface area contributed by atoms with Crippen molar-refractivity contribution in [1.82, 2.24) is 4.90 Å². The topological polar surface area (TPSA) is 29.3 Å². The lowest BCUT2D eigenvalue weighted by Crippen LogP contribution is -2.58. The first-order valence-electron chi connectivity index (χ1n) is 5.35. The van der Waals surface area contributed by atoms with Crippen LogP contribution in [-0.4, -0.2) is 30.6 Å². The van der Waals surface area contributed by atoms with Gasteiger partial charge in [-0.25, -0.2) is 0 Å². The van der Waals surface area contributed by atoms with Crippen molar-refractivity contribution in [2.75, 3.05) is 14.1 Å². The Morgan fingerprint density at radius 2 is 1.54 bits per heavy atom. The molecule has 0 aromatic heterocycles. The van der Waals surface area contributed by atoms with Gasteiger partial charge in [-0.15, -0.1) is 0 Å². The second kappa shape index (κ2) is 4.97. The van der Waals surface area contributed by atoms with Crippen LogP contribution in [0.2, 0.25) is 0 Å². The molecule has 0 amide bonds. The van der Waals surface area contributed by atoms with Gasteiger partial charge in [0.1, 0.15) is 0 Å². The van der Waals surface area contributed by atoms with Gasteiger partial charge in [0, 0.05) is 11.6 Å². The van der Waals surface area contributed by atoms with Crippen LogP contribution in [0.1, 0.15) is 40.5 Å². The molecule has 0 aliphatic rings. The largest absolute Gasteiger partial charge is 0.326 e. The molecule has 0 saturated heterocycles. The lowest BCUT2D eigenvalue weighted by molar-refractivity contribution is 0.0860. The fourth-order valence-electron chi connectivity index (χ4n) is 2.27. The first-order valence-corrected chi connectivity index (χ1v) is 5.35. The zero-order valence-electron chi connectivity index (χ0n) is 10.1. The molecule has 2 N–H and O–H groups in total. The molecule has 0 rings (SSSR count). The van der Waals surface area contributed by atoms with Crippen molar-refractivity contribution < 1.29 is 0 Å². The third-order valence-electron chi connectivity index (χ3n) is 3.45. The van der Waals surface area contributed by atoms with Crippen molar-refractivity contribution in [3.63, 3.8) is 0 Å². The van der Waals surface area contributed by atoms with Crippen LogP contribution in [0.25, 0.3) is 0 Å². The van der Waals surface area contributed by atoms with Gasteiger partial charge in [-0.2, -0.15) is 0 Å². The molecule has 0 radical (unpaired) electrons. The monoisotopic (exact) mass is 186 g/mol. The van der Waals surface area contributed by atoms with E-state index in [1.807, 2.05) is 0 Å². The molecule has 2 heteroatoms. The maximum Gasteiger partial charge on any atom is 0.0351 e. The molecule has 0 heterocycles. The van der Waals surface area contributed by atoms with Crippen LogP contribution in [-0.2, 0) is 0 Å². The van der Waals surface area contributed by atoms with Crippen molar-refractivity contribution in [1.29, 1.82) is 0 Å². The van der Waals surface area contributed by atoms with Gasteiger partial charge in [0.05, 0.1) is 0 Å². The molecule has 0 aromatic carbocycles. The highest BCUT2D eigenvalue weighted by molar-refractivity contribution is 4.96. The highest BCUT2D eigenvalue weighted by Crippen LogP contribution is 2.28. The molecule has 0 aromatic rings. The Bertz CT molecular complexity index is 137. The predicted molar refractivity (Wildman–Crippen MR) is 59.8 cm³/mol. The Morgan fingerprint density at radius 3 is 1.62 bits per heavy atom. The molecule has 1 unspecified atom stereocenters. The molecule has 1 atom stereocenters. The van der Waals surface area contributed by atoms with E-state index in [0.717, 1.165) is 12.8 Å². The van der Waals surface area contributed by atoms with Gasteiger partial charge in [-0.3, -0.25) is 0 Å². The average Bonchev–Trinajstić information content (AvgIpc) is 2.06. The van der Waals surface area contributed by atoms with E-state index < -0.39 is 0 Å². The molecule has 0 bridgehead atoms. The van der Waals surface area contributed by atoms with E-state index in [1.54, 1.807) is 0 Å². The molecule has 80 valence electrons. The van der Waals surface area contributed by atoms with Gasteiger partial charge >= 0.3 is 0 Å². The van der Waals surface area contributed by atoms with E-state index in [9.17, 15) is 0 Å². The smallest absolute Gasteiger partial charge is 0.0351 e. The van der Waals surface area contributed by atoms with E-state index in [1.165, 1.54) is 0 Å². The number of hydrogen-bond acceptors (Lipinski definition) is 2. The summed E-state index contributed by atoms with van der Waals surface area (Å²) in [4.78, 5) is 2.29. The number of nitrogens with zero attached hydrogens (tertiary/aromatic N) is 1. The molecule has 0 saturated carbocycles. The number of nitrogens with two attached hydrogens (primary N) is 1. The third-order valence-corrected chi connectivity index (χ3v) is 3.45. The van der Waals surface area contributed by atoms with Gasteiger partial charge < -0.3 is 10.6 Å². The summed E-state index contributed by atoms with van der Waals surface area (Å²) >= 11 is 0. The zero-order chi connectivity index (χ0) is 10.6. The van der Waals surface area contributed by atoms with Gasteiger partial charge in [0.2, 0.25) is 0 Å². The summed E-state index contributed by atoms with van der Waals surface area (Å²) < 4.78 is 0. The van der Waals surface area contributed by atoms with Crippen LogP contribution < -0.4 is 5.73 Å². The molecule has 0 aliphatic heterocycles. The highest BCUT2D eigenvalue weighted by atomic mass is 15.2. The predicted octanol–water partition coefficient (Wildman–Crippen LogP) is 2.09. The lowest BCUT2D eigenvalue weighted by atomic mass is 9.78. The average molecular weight is 186 g/mol. The summed E-state index contributed by atoms with van der Waals surface area (Å²) in [5, 5.41) is 0. The minimum absolute atomic E-state index is 0.175. The van der Waals surface area contributed by atoms with Crippen molar-refractivity contribution in [2.24, 2.45) is 11.7 Å². The Labute approximate surface area is 83.5 Å². The molecule has 0 fully saturated rings. The minimum Gasteiger partial charge on any atom is -0.326 e. The van der Waals surface area contributed by atoms with E-state index in [4.69, 9.17) is 5.73 Å². The van der Waals surface area contributed by atoms with Gasteiger partial charge in [0.25, 0.3) is 0 Å². The van der Waals surface area contributed by atoms with Crippen LogP contribution in [0.5, 0.6) is 0 Å². The van der Waals surface area contributed by atoms with Crippen LogP contribution in [0, 0.1) is 5.92 Å². The first-order chi connectivity index (χ1) is 5.92. The van der Waals surface area contributed by atoms with Crippen LogP contribution in [0.3, 0.4) is 0 Å². The quantitative estimate of drug-likeness (QED) is 0.712. The van der Waals surface area contributed by atoms with Gasteiger partial charge in [-0.1, -0.05) is 27.7 Å². The van der Waals surface area contributed by atoms with Crippen LogP contribution in [0.4, 0.5) is 0 Å². The zero-order valence-corrected chi connectivity index (χ0v) is 10.1. The summed E-state index contributed by atoms with van der Waals surface area (Å²) in [5.74, 6) is 0.544. The molecule has 2 nitrogen and oxygen atoms in total. The molecular formula is C11H26N2. The highest BCUT2D eigenvalue weighted by Gasteiger charge is 2.36. The second-order valence-corrected chi connectivity index (χ2v) is 4.47. The second-order valence-electron chi connectivity index (χ2n) is 4.47. The molecule has 0 aliphatic carbocycles. The Balaban J connectivity index is 4.75. The van der Waals surface area contributed by atoms with Gasteiger partial charge in [-0.05, 0) is 32.9 Å². The Morgan fingerprint density at radius 1 is 1.15 bits per heavy atom. The summed E-state index contributed by atoms with van der Waals surface area (Å²) in [6, 6.07) is 0.262. The molecule has 13 heavy (non-hydrogen) atoms. The summed E-state index contributed by atoms with van der Waals surface area (Å²) in [5.41, 5.74) is 6.45. The van der Waals surface area contributed by atoms with Crippen molar-refractivity contribution in [2.45, 2.75) is 52.1 Å². The Kier molecular flexibility index (Phi) is 4.93. The minimum atomic E-state index is 0.175. The Hall–Kier alpha value is -0.0800. The first kappa shape index (κ1) is 12.9. The third kappa shape index (κ3) is 2.44. The van der Waals surface area contributed by atoms with Crippen molar-refractivity contribution in [3.05, 3.63) is 0 Å². The van der Waals surface area contributed by atoms with E-state index in [0.29, 0.717) is 5.92 Å². The lowest BCUT2D eigenvalue weighted by Gasteiger charge is -2.45. The van der Waals surface area contributed by atoms with E-state index in [-0.39, 0.29) is 11.6 Å². The summed E-state index contributed by atoms with van der Waals surface area (Å²) in [7, 11) is 4.27. The normalized spacial score (nSPS) is 15.5. The van der Waals surface area contributed by atoms with Crippen LogP contribution >= 0.6 is 0 Å². The van der Waals surface area contributed by atoms with E-state index in [2.05, 4.69) is 46.7 Å². The van der Waals surface area contributed by atoms with Crippen molar-refractivity contribution >= 4 is 0 Å². The SMILES string of the molecule is CCC(CC)(C(N)C(C)C)N(C)C. The summed E-state index contributed by atoms with van der Waals surface area (Å²) in [6.07, 6.45) is 2.24. The fourth-order valence-corrected chi connectivity index (χ4v) is 2.27. The maximum atomic E-state index is 6.28. The number of hydrogen-bond donors (Lipinski definition) is 1. The number of rotatable bonds is 5. The number of likely N-dealkylation sites (N-methyl/N-ethyl adjacent to an activating group) is 1. The summed E-state index contributed by atoms with van der Waals surface area (Å²) in [6.45, 7) is 8.86. The fraction of sp³-hybridized carbons (Fsp3) is 1.00. The molecule has 0 spiro atoms. The van der Waals surface area contributed by atoms with Gasteiger partial charge in [0.15, 0.2) is 0 Å². The molecular weight excluding hydrogens is 160 g/mol. The standard InChI is InChI=1S/C11H26N2/c1-7-11(8-2,13(5)6)10(12)9(3)4/h9-10H,7-8,12H2,1-6H3. The van der Waals surface area contributed by atoms with E-state index >= 15 is 0 Å². The maximum absolute atomic E-state index is 6.28. The van der Waals surface area contributed by atoms with Crippen molar-refractivity contribution in [3.8, 4) is 0 Å². The van der Waals surface area contributed by atoms with Crippen LogP contribution in [0.15, 0.2) is 0 Å².